The zero-order chi connectivity index (χ0) is 28.2. The van der Waals surface area contributed by atoms with Crippen molar-refractivity contribution in [3.8, 4) is 17.5 Å². The van der Waals surface area contributed by atoms with Crippen molar-refractivity contribution in [1.29, 1.82) is 0 Å². The number of carbonyl (C=O) groups excluding carboxylic acids is 1. The van der Waals surface area contributed by atoms with Gasteiger partial charge in [0.1, 0.15) is 11.3 Å². The van der Waals surface area contributed by atoms with Gasteiger partial charge in [-0.15, -0.1) is 5.10 Å². The topological polar surface area (TPSA) is 126 Å². The molecule has 0 unspecified atom stereocenters. The maximum atomic E-state index is 13.4. The third kappa shape index (κ3) is 5.06. The predicted octanol–water partition coefficient (Wildman–Crippen LogP) is 3.70. The van der Waals surface area contributed by atoms with Crippen LogP contribution >= 0.6 is 0 Å². The fraction of sp³-hybridized carbons (Fsp3) is 0.0968. The predicted molar refractivity (Wildman–Crippen MR) is 156 cm³/mol. The van der Waals surface area contributed by atoms with Gasteiger partial charge in [-0.2, -0.15) is 5.10 Å². The standard InChI is InChI=1S/C23H19N3O.C8H8N4O/c1-3-20-16-18-9-7-8-17(12-13-19-14-15-25(2)24-19)22(18)23(27)26(20)21-10-5-4-6-11-21;9-7-6(8(10)13)5-3-1-2-4-12(5)11-7/h4-11,14-16H,3H2,1-2H3;1-4H,(H2,9,11)(H2,10,13). The number of fused-ring (bicyclic) bond motifs is 2. The lowest BCUT2D eigenvalue weighted by molar-refractivity contribution is 0.100. The molecule has 9 nitrogen and oxygen atoms in total. The summed E-state index contributed by atoms with van der Waals surface area (Å²) in [7, 11) is 1.86. The Morgan fingerprint density at radius 3 is 2.40 bits per heavy atom. The third-order valence-corrected chi connectivity index (χ3v) is 6.35. The Labute approximate surface area is 230 Å². The number of para-hydroxylation sites is 1. The number of pyridine rings is 2. The van der Waals surface area contributed by atoms with Gasteiger partial charge in [-0.3, -0.25) is 18.8 Å². The Balaban J connectivity index is 0.000000207. The van der Waals surface area contributed by atoms with Gasteiger partial charge in [0.2, 0.25) is 0 Å². The van der Waals surface area contributed by atoms with Crippen LogP contribution in [0, 0.1) is 11.8 Å². The maximum Gasteiger partial charge on any atom is 0.264 e. The van der Waals surface area contributed by atoms with Crippen molar-refractivity contribution in [2.24, 2.45) is 12.8 Å². The number of nitrogens with zero attached hydrogens (tertiary/aromatic N) is 5. The quantitative estimate of drug-likeness (QED) is 0.338. The van der Waals surface area contributed by atoms with Crippen LogP contribution in [0.3, 0.4) is 0 Å². The number of amides is 1. The smallest absolute Gasteiger partial charge is 0.264 e. The van der Waals surface area contributed by atoms with Gasteiger partial charge < -0.3 is 11.5 Å². The zero-order valence-corrected chi connectivity index (χ0v) is 22.1. The molecular formula is C31H27N7O2. The normalized spacial score (nSPS) is 10.6. The summed E-state index contributed by atoms with van der Waals surface area (Å²) < 4.78 is 5.02. The second-order valence-corrected chi connectivity index (χ2v) is 9.01. The minimum Gasteiger partial charge on any atom is -0.382 e. The molecular weight excluding hydrogens is 502 g/mol. The lowest BCUT2D eigenvalue weighted by atomic mass is 10.0. The van der Waals surface area contributed by atoms with Crippen molar-refractivity contribution in [3.63, 3.8) is 0 Å². The van der Waals surface area contributed by atoms with Crippen molar-refractivity contribution in [2.75, 3.05) is 5.73 Å². The van der Waals surface area contributed by atoms with Crippen LogP contribution in [-0.2, 0) is 13.5 Å². The van der Waals surface area contributed by atoms with E-state index < -0.39 is 5.91 Å². The number of nitrogen functional groups attached to an aromatic ring is 1. The number of aromatic nitrogens is 5. The van der Waals surface area contributed by atoms with Crippen molar-refractivity contribution < 1.29 is 4.79 Å². The van der Waals surface area contributed by atoms with Gasteiger partial charge in [0.15, 0.2) is 5.82 Å². The summed E-state index contributed by atoms with van der Waals surface area (Å²) in [5.41, 5.74) is 14.8. The number of carbonyl (C=O) groups is 1. The van der Waals surface area contributed by atoms with Gasteiger partial charge in [-0.05, 0) is 60.2 Å². The molecule has 4 N–H and O–H groups in total. The Morgan fingerprint density at radius 2 is 1.70 bits per heavy atom. The molecule has 0 saturated heterocycles. The first kappa shape index (κ1) is 26.0. The number of rotatable bonds is 3. The average Bonchev–Trinajstić information content (AvgIpc) is 3.53. The number of anilines is 1. The lowest BCUT2D eigenvalue weighted by Crippen LogP contribution is -2.22. The second kappa shape index (κ2) is 11.0. The number of nitrogens with two attached hydrogens (primary N) is 2. The minimum absolute atomic E-state index is 0.0403. The van der Waals surface area contributed by atoms with E-state index in [0.717, 1.165) is 28.8 Å². The number of primary amides is 1. The molecule has 4 heterocycles. The monoisotopic (exact) mass is 529 g/mol. The first-order chi connectivity index (χ1) is 19.4. The summed E-state index contributed by atoms with van der Waals surface area (Å²) in [6.07, 6.45) is 4.32. The molecule has 0 spiro atoms. The average molecular weight is 530 g/mol. The van der Waals surface area contributed by atoms with E-state index in [4.69, 9.17) is 11.5 Å². The molecule has 0 aliphatic rings. The molecule has 4 aromatic heterocycles. The summed E-state index contributed by atoms with van der Waals surface area (Å²) in [4.78, 5) is 24.4. The van der Waals surface area contributed by atoms with Crippen LogP contribution in [0.5, 0.6) is 0 Å². The summed E-state index contributed by atoms with van der Waals surface area (Å²) in [5, 5.41) is 9.76. The third-order valence-electron chi connectivity index (χ3n) is 6.35. The first-order valence-electron chi connectivity index (χ1n) is 12.6. The van der Waals surface area contributed by atoms with Crippen LogP contribution in [0.4, 0.5) is 5.82 Å². The Hall–Kier alpha value is -5.62. The van der Waals surface area contributed by atoms with Crippen molar-refractivity contribution >= 4 is 28.0 Å². The highest BCUT2D eigenvalue weighted by Crippen LogP contribution is 2.20. The molecule has 2 aromatic carbocycles. The van der Waals surface area contributed by atoms with Crippen LogP contribution in [0.1, 0.15) is 34.2 Å². The van der Waals surface area contributed by atoms with Crippen molar-refractivity contribution in [1.82, 2.24) is 24.0 Å². The van der Waals surface area contributed by atoms with Gasteiger partial charge in [-0.1, -0.05) is 49.2 Å². The molecule has 9 heteroatoms. The molecule has 0 saturated carbocycles. The van der Waals surface area contributed by atoms with E-state index >= 15 is 0 Å². The van der Waals surface area contributed by atoms with Gasteiger partial charge in [0, 0.05) is 36.4 Å². The summed E-state index contributed by atoms with van der Waals surface area (Å²) >= 11 is 0. The molecule has 0 fully saturated rings. The second-order valence-electron chi connectivity index (χ2n) is 9.01. The molecule has 0 aliphatic carbocycles. The molecule has 0 radical (unpaired) electrons. The van der Waals surface area contributed by atoms with Crippen LogP contribution in [0.15, 0.2) is 96.1 Å². The fourth-order valence-electron chi connectivity index (χ4n) is 4.52. The van der Waals surface area contributed by atoms with E-state index in [0.29, 0.717) is 16.6 Å². The highest BCUT2D eigenvalue weighted by molar-refractivity contribution is 6.04. The van der Waals surface area contributed by atoms with Crippen molar-refractivity contribution in [2.45, 2.75) is 13.3 Å². The van der Waals surface area contributed by atoms with Gasteiger partial charge >= 0.3 is 0 Å². The van der Waals surface area contributed by atoms with Gasteiger partial charge in [-0.25, -0.2) is 4.52 Å². The van der Waals surface area contributed by atoms with E-state index in [1.165, 1.54) is 4.52 Å². The molecule has 0 aliphatic heterocycles. The number of hydrogen-bond acceptors (Lipinski definition) is 5. The molecule has 6 rings (SSSR count). The van der Waals surface area contributed by atoms with E-state index in [1.54, 1.807) is 33.6 Å². The molecule has 6 aromatic rings. The summed E-state index contributed by atoms with van der Waals surface area (Å²) in [5.74, 6) is 5.80. The first-order valence-corrected chi connectivity index (χ1v) is 12.6. The fourth-order valence-corrected chi connectivity index (χ4v) is 4.52. The van der Waals surface area contributed by atoms with Crippen LogP contribution in [-0.4, -0.2) is 29.9 Å². The largest absolute Gasteiger partial charge is 0.382 e. The highest BCUT2D eigenvalue weighted by atomic mass is 16.1. The van der Waals surface area contributed by atoms with E-state index in [-0.39, 0.29) is 16.9 Å². The Morgan fingerprint density at radius 1 is 0.925 bits per heavy atom. The molecule has 198 valence electrons. The minimum atomic E-state index is -0.557. The van der Waals surface area contributed by atoms with E-state index in [1.807, 2.05) is 67.8 Å². The van der Waals surface area contributed by atoms with Crippen LogP contribution in [0.2, 0.25) is 0 Å². The maximum absolute atomic E-state index is 13.4. The lowest BCUT2D eigenvalue weighted by Gasteiger charge is -2.14. The van der Waals surface area contributed by atoms with Gasteiger partial charge in [0.25, 0.3) is 11.5 Å². The van der Waals surface area contributed by atoms with E-state index in [9.17, 15) is 9.59 Å². The zero-order valence-electron chi connectivity index (χ0n) is 22.1. The van der Waals surface area contributed by atoms with Crippen molar-refractivity contribution in [3.05, 3.63) is 124 Å². The Bertz CT molecular complexity index is 1970. The molecule has 0 atom stereocenters. The Kier molecular flexibility index (Phi) is 7.16. The summed E-state index contributed by atoms with van der Waals surface area (Å²) in [6.45, 7) is 2.06. The summed E-state index contributed by atoms with van der Waals surface area (Å²) in [6, 6.07) is 24.8. The van der Waals surface area contributed by atoms with Gasteiger partial charge in [0.05, 0.1) is 10.9 Å². The molecule has 1 amide bonds. The van der Waals surface area contributed by atoms with E-state index in [2.05, 4.69) is 35.0 Å². The SMILES string of the molecule is CCc1cc2cccc(C#Cc3ccn(C)n3)c2c(=O)n1-c1ccccc1.NC(=O)c1c(N)nn2ccccc12. The molecule has 40 heavy (non-hydrogen) atoms. The number of hydrogen-bond donors (Lipinski definition) is 2. The van der Waals surface area contributed by atoms with Crippen LogP contribution in [0.25, 0.3) is 22.0 Å². The number of benzene rings is 2. The number of aryl methyl sites for hydroxylation is 2. The highest BCUT2D eigenvalue weighted by Gasteiger charge is 2.14. The van der Waals surface area contributed by atoms with Crippen LogP contribution < -0.4 is 17.0 Å². The molecule has 0 bridgehead atoms.